The minimum absolute atomic E-state index is 0.138. The van der Waals surface area contributed by atoms with Crippen molar-refractivity contribution in [2.45, 2.75) is 30.7 Å². The average molecular weight is 306 g/mol. The molecule has 2 heterocycles. The largest absolute Gasteiger partial charge is 0.395 e. The first-order valence-corrected chi connectivity index (χ1v) is 8.47. The predicted molar refractivity (Wildman–Crippen MR) is 80.5 cm³/mol. The lowest BCUT2D eigenvalue weighted by molar-refractivity contribution is 0.213. The molecular formula is C15H18N2O3S. The van der Waals surface area contributed by atoms with Gasteiger partial charge in [0.15, 0.2) is 0 Å². The summed E-state index contributed by atoms with van der Waals surface area (Å²) in [7, 11) is -3.61. The molecule has 0 amide bonds. The molecule has 1 aromatic heterocycles. The molecule has 0 aliphatic carbocycles. The van der Waals surface area contributed by atoms with Crippen molar-refractivity contribution in [2.75, 3.05) is 13.2 Å². The summed E-state index contributed by atoms with van der Waals surface area (Å²) in [4.78, 5) is 4.56. The summed E-state index contributed by atoms with van der Waals surface area (Å²) < 4.78 is 27.3. The molecular weight excluding hydrogens is 288 g/mol. The first-order valence-electron chi connectivity index (χ1n) is 7.03. The number of aromatic nitrogens is 1. The van der Waals surface area contributed by atoms with E-state index in [1.807, 2.05) is 6.92 Å². The van der Waals surface area contributed by atoms with Gasteiger partial charge in [-0.2, -0.15) is 4.31 Å². The zero-order chi connectivity index (χ0) is 15.0. The van der Waals surface area contributed by atoms with Crippen molar-refractivity contribution in [3.63, 3.8) is 0 Å². The van der Waals surface area contributed by atoms with Crippen LogP contribution in [0.1, 0.15) is 18.4 Å². The molecule has 3 rings (SSSR count). The van der Waals surface area contributed by atoms with Crippen molar-refractivity contribution in [3.05, 3.63) is 36.0 Å². The van der Waals surface area contributed by atoms with E-state index in [4.69, 9.17) is 0 Å². The molecule has 1 aliphatic heterocycles. The highest BCUT2D eigenvalue weighted by Gasteiger charge is 2.35. The highest BCUT2D eigenvalue weighted by molar-refractivity contribution is 7.89. The minimum atomic E-state index is -3.61. The van der Waals surface area contributed by atoms with E-state index in [0.717, 1.165) is 12.0 Å². The predicted octanol–water partition coefficient (Wildman–Crippen LogP) is 1.69. The zero-order valence-corrected chi connectivity index (χ0v) is 12.7. The van der Waals surface area contributed by atoms with Gasteiger partial charge < -0.3 is 5.11 Å². The van der Waals surface area contributed by atoms with Crippen molar-refractivity contribution in [3.8, 4) is 0 Å². The first-order chi connectivity index (χ1) is 10.1. The monoisotopic (exact) mass is 306 g/mol. The van der Waals surface area contributed by atoms with Crippen LogP contribution in [0.15, 0.2) is 35.4 Å². The van der Waals surface area contributed by atoms with Crippen molar-refractivity contribution in [1.29, 1.82) is 0 Å². The molecule has 21 heavy (non-hydrogen) atoms. The zero-order valence-electron chi connectivity index (χ0n) is 11.9. The van der Waals surface area contributed by atoms with Gasteiger partial charge in [-0.15, -0.1) is 0 Å². The summed E-state index contributed by atoms with van der Waals surface area (Å²) in [5.74, 6) is 0. The van der Waals surface area contributed by atoms with E-state index >= 15 is 0 Å². The summed E-state index contributed by atoms with van der Waals surface area (Å²) >= 11 is 0. The number of nitrogens with zero attached hydrogens (tertiary/aromatic N) is 2. The Morgan fingerprint density at radius 2 is 2.19 bits per heavy atom. The van der Waals surface area contributed by atoms with Crippen LogP contribution in [0.3, 0.4) is 0 Å². The van der Waals surface area contributed by atoms with Crippen LogP contribution in [0.2, 0.25) is 0 Å². The van der Waals surface area contributed by atoms with Crippen molar-refractivity contribution < 1.29 is 13.5 Å². The Morgan fingerprint density at radius 3 is 2.95 bits per heavy atom. The summed E-state index contributed by atoms with van der Waals surface area (Å²) in [5.41, 5.74) is 1.66. The quantitative estimate of drug-likeness (QED) is 0.937. The molecule has 0 spiro atoms. The number of pyridine rings is 1. The van der Waals surface area contributed by atoms with E-state index in [9.17, 15) is 13.5 Å². The standard InChI is InChI=1S/C15H18N2O3S/c1-11-6-7-14(13-5-2-8-16-15(11)13)21(19,20)17-9-3-4-12(17)10-18/h2,5-8,12,18H,3-4,9-10H2,1H3/t12-/m0/s1. The molecule has 0 unspecified atom stereocenters. The Kier molecular flexibility index (Phi) is 3.69. The fourth-order valence-electron chi connectivity index (χ4n) is 2.95. The van der Waals surface area contributed by atoms with E-state index in [1.54, 1.807) is 30.5 Å². The van der Waals surface area contributed by atoms with Crippen LogP contribution in [0.5, 0.6) is 0 Å². The number of benzene rings is 1. The highest BCUT2D eigenvalue weighted by Crippen LogP contribution is 2.30. The topological polar surface area (TPSA) is 70.5 Å². The molecule has 0 bridgehead atoms. The number of fused-ring (bicyclic) bond motifs is 1. The lowest BCUT2D eigenvalue weighted by Crippen LogP contribution is -2.37. The molecule has 1 aromatic carbocycles. The van der Waals surface area contributed by atoms with Gasteiger partial charge in [-0.05, 0) is 43.5 Å². The fourth-order valence-corrected chi connectivity index (χ4v) is 4.82. The smallest absolute Gasteiger partial charge is 0.244 e. The summed E-state index contributed by atoms with van der Waals surface area (Å²) in [6, 6.07) is 6.64. The average Bonchev–Trinajstić information content (AvgIpc) is 2.97. The molecule has 1 saturated heterocycles. The molecule has 5 nitrogen and oxygen atoms in total. The van der Waals surface area contributed by atoms with E-state index < -0.39 is 10.0 Å². The number of rotatable bonds is 3. The molecule has 0 radical (unpaired) electrons. The maximum atomic E-state index is 12.9. The first kappa shape index (κ1) is 14.4. The van der Waals surface area contributed by atoms with Gasteiger partial charge in [0, 0.05) is 24.2 Å². The van der Waals surface area contributed by atoms with Crippen LogP contribution in [0.4, 0.5) is 0 Å². The summed E-state index contributed by atoms with van der Waals surface area (Å²) in [6.07, 6.45) is 3.16. The Labute approximate surface area is 124 Å². The second-order valence-electron chi connectivity index (χ2n) is 5.37. The Morgan fingerprint density at radius 1 is 1.38 bits per heavy atom. The third-order valence-corrected chi connectivity index (χ3v) is 6.06. The maximum Gasteiger partial charge on any atom is 0.244 e. The molecule has 2 aromatic rings. The minimum Gasteiger partial charge on any atom is -0.395 e. The lowest BCUT2D eigenvalue weighted by Gasteiger charge is -2.23. The Balaban J connectivity index is 2.18. The van der Waals surface area contributed by atoms with Crippen LogP contribution in [-0.2, 0) is 10.0 Å². The third-order valence-electron chi connectivity index (χ3n) is 4.05. The van der Waals surface area contributed by atoms with Crippen LogP contribution < -0.4 is 0 Å². The normalized spacial score (nSPS) is 20.2. The van der Waals surface area contributed by atoms with Gasteiger partial charge in [0.25, 0.3) is 0 Å². The van der Waals surface area contributed by atoms with Gasteiger partial charge in [-0.3, -0.25) is 4.98 Å². The van der Waals surface area contributed by atoms with Crippen LogP contribution in [0.25, 0.3) is 10.9 Å². The van der Waals surface area contributed by atoms with E-state index in [2.05, 4.69) is 4.98 Å². The molecule has 6 heteroatoms. The SMILES string of the molecule is Cc1ccc(S(=O)(=O)N2CCC[C@H]2CO)c2cccnc12. The van der Waals surface area contributed by atoms with Gasteiger partial charge in [0.1, 0.15) is 0 Å². The third kappa shape index (κ3) is 2.33. The highest BCUT2D eigenvalue weighted by atomic mass is 32.2. The number of aliphatic hydroxyl groups is 1. The van der Waals surface area contributed by atoms with Crippen LogP contribution >= 0.6 is 0 Å². The second-order valence-corrected chi connectivity index (χ2v) is 7.23. The van der Waals surface area contributed by atoms with Crippen molar-refractivity contribution in [1.82, 2.24) is 9.29 Å². The summed E-state index contributed by atoms with van der Waals surface area (Å²) in [5, 5.41) is 10.0. The molecule has 1 aliphatic rings. The van der Waals surface area contributed by atoms with Gasteiger partial charge in [-0.25, -0.2) is 8.42 Å². The van der Waals surface area contributed by atoms with Crippen LogP contribution in [0, 0.1) is 6.92 Å². The second kappa shape index (κ2) is 5.36. The van der Waals surface area contributed by atoms with Gasteiger partial charge in [-0.1, -0.05) is 6.07 Å². The van der Waals surface area contributed by atoms with Gasteiger partial charge >= 0.3 is 0 Å². The molecule has 1 N–H and O–H groups in total. The lowest BCUT2D eigenvalue weighted by atomic mass is 10.1. The van der Waals surface area contributed by atoms with Crippen LogP contribution in [-0.4, -0.2) is 42.0 Å². The fraction of sp³-hybridized carbons (Fsp3) is 0.400. The number of sulfonamides is 1. The molecule has 1 fully saturated rings. The molecule has 1 atom stereocenters. The Hall–Kier alpha value is -1.50. The van der Waals surface area contributed by atoms with Gasteiger partial charge in [0.05, 0.1) is 17.0 Å². The maximum absolute atomic E-state index is 12.9. The number of aliphatic hydroxyl groups excluding tert-OH is 1. The number of hydrogen-bond acceptors (Lipinski definition) is 4. The number of hydrogen-bond donors (Lipinski definition) is 1. The van der Waals surface area contributed by atoms with Crippen molar-refractivity contribution >= 4 is 20.9 Å². The molecule has 0 saturated carbocycles. The molecule has 112 valence electrons. The van der Waals surface area contributed by atoms with E-state index in [0.29, 0.717) is 23.9 Å². The van der Waals surface area contributed by atoms with Crippen molar-refractivity contribution in [2.24, 2.45) is 0 Å². The van der Waals surface area contributed by atoms with Gasteiger partial charge in [0.2, 0.25) is 10.0 Å². The van der Waals surface area contributed by atoms with E-state index in [1.165, 1.54) is 4.31 Å². The Bertz CT molecular complexity index is 774. The van der Waals surface area contributed by atoms with E-state index in [-0.39, 0.29) is 17.5 Å². The summed E-state index contributed by atoms with van der Waals surface area (Å²) in [6.45, 7) is 2.24. The number of aryl methyl sites for hydroxylation is 1.